The van der Waals surface area contributed by atoms with E-state index in [1.807, 2.05) is 0 Å². The van der Waals surface area contributed by atoms with Gasteiger partial charge in [0.2, 0.25) is 0 Å². The van der Waals surface area contributed by atoms with E-state index in [-0.39, 0.29) is 46.5 Å². The lowest BCUT2D eigenvalue weighted by molar-refractivity contribution is -0.141. The molecule has 0 bridgehead atoms. The Morgan fingerprint density at radius 1 is 1.23 bits per heavy atom. The number of alkyl halides is 3. The first-order valence-electron chi connectivity index (χ1n) is 8.06. The van der Waals surface area contributed by atoms with Crippen molar-refractivity contribution >= 4 is 29.2 Å². The summed E-state index contributed by atoms with van der Waals surface area (Å²) < 4.78 is 49.2. The van der Waals surface area contributed by atoms with E-state index in [1.54, 1.807) is 11.9 Å². The highest BCUT2D eigenvalue weighted by Gasteiger charge is 2.33. The normalized spacial score (nSPS) is 12.0. The number of H-pyrrole nitrogens is 1. The predicted octanol–water partition coefficient (Wildman–Crippen LogP) is 3.24. The molecule has 1 aromatic carbocycles. The molecule has 1 aromatic heterocycles. The van der Waals surface area contributed by atoms with Gasteiger partial charge in [-0.25, -0.2) is 14.2 Å². The van der Waals surface area contributed by atoms with Crippen molar-refractivity contribution < 1.29 is 32.5 Å². The highest BCUT2D eigenvalue weighted by molar-refractivity contribution is 6.36. The van der Waals surface area contributed by atoms with Crippen molar-refractivity contribution in [1.82, 2.24) is 9.55 Å². The lowest BCUT2D eigenvalue weighted by Gasteiger charge is -2.14. The van der Waals surface area contributed by atoms with E-state index in [1.165, 1.54) is 0 Å². The summed E-state index contributed by atoms with van der Waals surface area (Å²) in [5.74, 6) is -1.46. The van der Waals surface area contributed by atoms with E-state index in [4.69, 9.17) is 37.8 Å². The molecule has 2 rings (SSSR count). The number of carboxylic acids is 1. The fourth-order valence-electron chi connectivity index (χ4n) is 2.27. The molecular formula is C17H13Cl2F3N2O6. The molecule has 0 unspecified atom stereocenters. The lowest BCUT2D eigenvalue weighted by Crippen LogP contribution is -2.36. The summed E-state index contributed by atoms with van der Waals surface area (Å²) in [7, 11) is 0. The maximum atomic E-state index is 12.8. The van der Waals surface area contributed by atoms with Crippen molar-refractivity contribution in [1.29, 1.82) is 0 Å². The number of hydrogen-bond donors (Lipinski definition) is 2. The van der Waals surface area contributed by atoms with Crippen LogP contribution in [0.3, 0.4) is 0 Å². The zero-order chi connectivity index (χ0) is 22.6. The van der Waals surface area contributed by atoms with Gasteiger partial charge < -0.3 is 19.6 Å². The van der Waals surface area contributed by atoms with Crippen LogP contribution in [-0.2, 0) is 15.7 Å². The molecular weight excluding hydrogens is 456 g/mol. The van der Waals surface area contributed by atoms with Crippen LogP contribution in [0.25, 0.3) is 5.69 Å². The minimum atomic E-state index is -4.93. The topological polar surface area (TPSA) is 111 Å². The summed E-state index contributed by atoms with van der Waals surface area (Å²) in [6.45, 7) is 1.39. The Bertz CT molecular complexity index is 1080. The summed E-state index contributed by atoms with van der Waals surface area (Å²) in [5, 5.41) is 8.54. The molecule has 0 aliphatic heterocycles. The summed E-state index contributed by atoms with van der Waals surface area (Å²) >= 11 is 12.0. The second-order valence-corrected chi connectivity index (χ2v) is 6.38. The first-order valence-corrected chi connectivity index (χ1v) is 8.81. The highest BCUT2D eigenvalue weighted by atomic mass is 35.5. The third-order valence-electron chi connectivity index (χ3n) is 3.46. The highest BCUT2D eigenvalue weighted by Crippen LogP contribution is 2.33. The smallest absolute Gasteiger partial charge is 0.431 e. The number of aliphatic carboxylic acids is 1. The van der Waals surface area contributed by atoms with Gasteiger partial charge in [0.05, 0.1) is 28.4 Å². The van der Waals surface area contributed by atoms with Gasteiger partial charge in [-0.15, -0.1) is 0 Å². The first-order chi connectivity index (χ1) is 13.9. The third kappa shape index (κ3) is 5.57. The van der Waals surface area contributed by atoms with Crippen molar-refractivity contribution in [3.63, 3.8) is 0 Å². The van der Waals surface area contributed by atoms with E-state index in [2.05, 4.69) is 0 Å². The first kappa shape index (κ1) is 23.4. The van der Waals surface area contributed by atoms with Crippen molar-refractivity contribution in [3.05, 3.63) is 66.6 Å². The molecule has 0 atom stereocenters. The molecule has 2 N–H and O–H groups in total. The standard InChI is InChI=1S/C17H13Cl2F3N2O6/c1-2-29-8(3-15(26)27)7-30-12-5-11(9(18)4-10(12)19)24-14(25)6-13(17(20,21)22)23-16(24)28/h3-6H,2,7H2,1H3,(H,23,28)(H,26,27). The number of carbonyl (C=O) groups is 1. The molecule has 30 heavy (non-hydrogen) atoms. The number of nitrogens with zero attached hydrogens (tertiary/aromatic N) is 1. The number of benzene rings is 1. The third-order valence-corrected chi connectivity index (χ3v) is 4.06. The fourth-order valence-corrected chi connectivity index (χ4v) is 2.80. The van der Waals surface area contributed by atoms with Crippen LogP contribution in [0.4, 0.5) is 13.2 Å². The number of carboxylic acid groups (broad SMARTS) is 1. The van der Waals surface area contributed by atoms with Crippen molar-refractivity contribution in [3.8, 4) is 11.4 Å². The van der Waals surface area contributed by atoms with E-state index in [0.29, 0.717) is 4.57 Å². The molecule has 0 radical (unpaired) electrons. The summed E-state index contributed by atoms with van der Waals surface area (Å²) in [6.07, 6.45) is -4.17. The molecule has 8 nitrogen and oxygen atoms in total. The second kappa shape index (κ2) is 9.26. The molecule has 0 amide bonds. The van der Waals surface area contributed by atoms with Gasteiger partial charge in [-0.3, -0.25) is 4.79 Å². The summed E-state index contributed by atoms with van der Waals surface area (Å²) in [4.78, 5) is 36.6. The Balaban J connectivity index is 2.49. The Hall–Kier alpha value is -2.92. The zero-order valence-corrected chi connectivity index (χ0v) is 16.6. The molecule has 1 heterocycles. The SMILES string of the molecule is CCOC(=CC(=O)O)COc1cc(-n2c(=O)cc(C(F)(F)F)[nH]c2=O)c(Cl)cc1Cl. The van der Waals surface area contributed by atoms with Gasteiger partial charge in [-0.2, -0.15) is 13.2 Å². The Kier molecular flexibility index (Phi) is 7.21. The predicted molar refractivity (Wildman–Crippen MR) is 101 cm³/mol. The average molecular weight is 469 g/mol. The van der Waals surface area contributed by atoms with Gasteiger partial charge in [-0.1, -0.05) is 23.2 Å². The number of hydrogen-bond acceptors (Lipinski definition) is 5. The van der Waals surface area contributed by atoms with Crippen LogP contribution < -0.4 is 16.0 Å². The van der Waals surface area contributed by atoms with Crippen molar-refractivity contribution in [2.45, 2.75) is 13.1 Å². The molecule has 0 saturated heterocycles. The molecule has 0 spiro atoms. The maximum absolute atomic E-state index is 12.8. The van der Waals surface area contributed by atoms with Crippen LogP contribution in [0, 0.1) is 0 Å². The van der Waals surface area contributed by atoms with E-state index < -0.39 is 29.1 Å². The summed E-state index contributed by atoms with van der Waals surface area (Å²) in [5.41, 5.74) is -4.49. The molecule has 162 valence electrons. The summed E-state index contributed by atoms with van der Waals surface area (Å²) in [6, 6.07) is 2.37. The van der Waals surface area contributed by atoms with Gasteiger partial charge >= 0.3 is 17.8 Å². The van der Waals surface area contributed by atoms with Crippen LogP contribution in [0.1, 0.15) is 12.6 Å². The quantitative estimate of drug-likeness (QED) is 0.476. The van der Waals surface area contributed by atoms with Gasteiger partial charge in [0, 0.05) is 12.1 Å². The largest absolute Gasteiger partial charge is 0.494 e. The van der Waals surface area contributed by atoms with E-state index in [0.717, 1.165) is 18.2 Å². The van der Waals surface area contributed by atoms with Gasteiger partial charge in [-0.05, 0) is 13.0 Å². The van der Waals surface area contributed by atoms with Crippen LogP contribution in [0.2, 0.25) is 10.0 Å². The zero-order valence-electron chi connectivity index (χ0n) is 15.0. The molecule has 0 aliphatic carbocycles. The van der Waals surface area contributed by atoms with Crippen LogP contribution in [0.5, 0.6) is 5.75 Å². The number of halogens is 5. The van der Waals surface area contributed by atoms with Gasteiger partial charge in [0.25, 0.3) is 5.56 Å². The molecule has 0 saturated carbocycles. The van der Waals surface area contributed by atoms with E-state index in [9.17, 15) is 27.6 Å². The Labute approximate surface area is 176 Å². The minimum Gasteiger partial charge on any atom is -0.494 e. The Morgan fingerprint density at radius 2 is 1.90 bits per heavy atom. The number of ether oxygens (including phenoxy) is 2. The molecule has 13 heteroatoms. The maximum Gasteiger partial charge on any atom is 0.431 e. The van der Waals surface area contributed by atoms with Crippen molar-refractivity contribution in [2.75, 3.05) is 13.2 Å². The molecule has 2 aromatic rings. The van der Waals surface area contributed by atoms with Crippen LogP contribution in [0.15, 0.2) is 39.6 Å². The van der Waals surface area contributed by atoms with Gasteiger partial charge in [0.15, 0.2) is 0 Å². The monoisotopic (exact) mass is 468 g/mol. The fraction of sp³-hybridized carbons (Fsp3) is 0.235. The Morgan fingerprint density at radius 3 is 2.43 bits per heavy atom. The number of nitrogens with one attached hydrogen (secondary N) is 1. The van der Waals surface area contributed by atoms with Gasteiger partial charge in [0.1, 0.15) is 23.8 Å². The van der Waals surface area contributed by atoms with E-state index >= 15 is 0 Å². The van der Waals surface area contributed by atoms with Crippen LogP contribution >= 0.6 is 23.2 Å². The van der Waals surface area contributed by atoms with Crippen LogP contribution in [-0.4, -0.2) is 33.8 Å². The minimum absolute atomic E-state index is 0.0536. The lowest BCUT2D eigenvalue weighted by atomic mass is 10.2. The number of aromatic nitrogens is 2. The average Bonchev–Trinajstić information content (AvgIpc) is 2.60. The number of rotatable bonds is 7. The molecule has 0 aliphatic rings. The second-order valence-electron chi connectivity index (χ2n) is 5.56. The molecule has 0 fully saturated rings. The number of aromatic amines is 1. The van der Waals surface area contributed by atoms with Crippen molar-refractivity contribution in [2.24, 2.45) is 0 Å².